The summed E-state index contributed by atoms with van der Waals surface area (Å²) in [6.07, 6.45) is 9.78. The summed E-state index contributed by atoms with van der Waals surface area (Å²) in [5.74, 6) is 0.0738. The summed E-state index contributed by atoms with van der Waals surface area (Å²) in [5.41, 5.74) is 2.59. The van der Waals surface area contributed by atoms with E-state index in [1.807, 2.05) is 12.1 Å². The van der Waals surface area contributed by atoms with E-state index in [4.69, 9.17) is 4.74 Å². The molecule has 0 aromatic heterocycles. The Morgan fingerprint density at radius 2 is 1.43 bits per heavy atom. The number of hydrogen-bond acceptors (Lipinski definition) is 3. The van der Waals surface area contributed by atoms with Crippen molar-refractivity contribution in [3.05, 3.63) is 34.9 Å². The van der Waals surface area contributed by atoms with Gasteiger partial charge in [0.15, 0.2) is 0 Å². The van der Waals surface area contributed by atoms with Crippen LogP contribution in [0, 0.1) is 0 Å². The molecule has 0 radical (unpaired) electrons. The van der Waals surface area contributed by atoms with Crippen molar-refractivity contribution in [1.29, 1.82) is 0 Å². The van der Waals surface area contributed by atoms with E-state index in [1.165, 1.54) is 6.08 Å². The molecule has 0 heterocycles. The number of carbonyl (C=O) groups excluding carboxylic acids is 1. The number of esters is 1. The minimum Gasteiger partial charge on any atom is -0.507 e. The summed E-state index contributed by atoms with van der Waals surface area (Å²) in [6, 6.07) is 4.06. The number of carbonyl (C=O) groups is 1. The molecular formula is C25H40O3. The van der Waals surface area contributed by atoms with Gasteiger partial charge in [0.1, 0.15) is 5.75 Å². The lowest BCUT2D eigenvalue weighted by Gasteiger charge is -2.32. The fraction of sp³-hybridized carbons (Fsp3) is 0.640. The number of aromatic hydroxyl groups is 1. The van der Waals surface area contributed by atoms with Crippen molar-refractivity contribution < 1.29 is 14.6 Å². The van der Waals surface area contributed by atoms with Gasteiger partial charge >= 0.3 is 5.97 Å². The van der Waals surface area contributed by atoms with Crippen LogP contribution in [0.2, 0.25) is 0 Å². The van der Waals surface area contributed by atoms with Crippen molar-refractivity contribution in [3.63, 3.8) is 0 Å². The first-order chi connectivity index (χ1) is 13.1. The van der Waals surface area contributed by atoms with Crippen LogP contribution >= 0.6 is 0 Å². The van der Waals surface area contributed by atoms with Gasteiger partial charge < -0.3 is 9.84 Å². The van der Waals surface area contributed by atoms with Gasteiger partial charge in [0.05, 0.1) is 6.61 Å². The van der Waals surface area contributed by atoms with Gasteiger partial charge in [0.2, 0.25) is 0 Å². The summed E-state index contributed by atoms with van der Waals surface area (Å²) in [4.78, 5) is 11.8. The highest BCUT2D eigenvalue weighted by molar-refractivity contribution is 5.87. The lowest BCUT2D eigenvalue weighted by Crippen LogP contribution is -2.22. The van der Waals surface area contributed by atoms with Gasteiger partial charge in [-0.3, -0.25) is 0 Å². The molecule has 0 atom stereocenters. The molecule has 158 valence electrons. The van der Waals surface area contributed by atoms with Crippen LogP contribution in [0.1, 0.15) is 104 Å². The number of rotatable bonds is 11. The van der Waals surface area contributed by atoms with Crippen LogP contribution in [-0.2, 0) is 20.4 Å². The first-order valence-corrected chi connectivity index (χ1v) is 10.8. The van der Waals surface area contributed by atoms with Gasteiger partial charge in [0, 0.05) is 17.2 Å². The van der Waals surface area contributed by atoms with Crippen LogP contribution in [0.15, 0.2) is 18.2 Å². The Kier molecular flexibility index (Phi) is 9.26. The van der Waals surface area contributed by atoms with Crippen molar-refractivity contribution >= 4 is 12.0 Å². The molecule has 0 bridgehead atoms. The standard InChI is InChI=1S/C25H40O3/c1-8-11-15-24(4,5)20-17-19(13-14-22(26)28-10-3)18-21(23(20)27)25(6,7)16-12-9-2/h13-14,17-18,27H,8-12,15-16H2,1-7H3. The Balaban J connectivity index is 3.47. The van der Waals surface area contributed by atoms with E-state index in [0.717, 1.165) is 55.2 Å². The van der Waals surface area contributed by atoms with E-state index in [9.17, 15) is 9.90 Å². The molecule has 1 aromatic carbocycles. The summed E-state index contributed by atoms with van der Waals surface area (Å²) < 4.78 is 5.01. The zero-order chi connectivity index (χ0) is 21.4. The second-order valence-electron chi connectivity index (χ2n) is 9.02. The fourth-order valence-corrected chi connectivity index (χ4v) is 3.65. The maximum absolute atomic E-state index is 11.8. The highest BCUT2D eigenvalue weighted by Crippen LogP contribution is 2.43. The molecule has 0 amide bonds. The van der Waals surface area contributed by atoms with Crippen LogP contribution in [0.5, 0.6) is 5.75 Å². The SMILES string of the molecule is CCCCC(C)(C)c1cc(C=CC(=O)OCC)cc(C(C)(C)CCCC)c1O. The van der Waals surface area contributed by atoms with E-state index in [0.29, 0.717) is 12.4 Å². The van der Waals surface area contributed by atoms with E-state index in [2.05, 4.69) is 41.5 Å². The van der Waals surface area contributed by atoms with Gasteiger partial charge in [-0.15, -0.1) is 0 Å². The Labute approximate surface area is 172 Å². The van der Waals surface area contributed by atoms with Crippen LogP contribution < -0.4 is 0 Å². The minimum atomic E-state index is -0.339. The second kappa shape index (κ2) is 10.7. The predicted molar refractivity (Wildman–Crippen MR) is 119 cm³/mol. The average molecular weight is 389 g/mol. The van der Waals surface area contributed by atoms with Crippen molar-refractivity contribution in [2.75, 3.05) is 6.61 Å². The number of phenols is 1. The second-order valence-corrected chi connectivity index (χ2v) is 9.02. The Morgan fingerprint density at radius 3 is 1.82 bits per heavy atom. The molecule has 0 fully saturated rings. The van der Waals surface area contributed by atoms with Crippen LogP contribution in [0.4, 0.5) is 0 Å². The van der Waals surface area contributed by atoms with E-state index < -0.39 is 0 Å². The minimum absolute atomic E-state index is 0.135. The van der Waals surface area contributed by atoms with E-state index in [1.54, 1.807) is 13.0 Å². The summed E-state index contributed by atoms with van der Waals surface area (Å²) >= 11 is 0. The Morgan fingerprint density at radius 1 is 0.964 bits per heavy atom. The molecular weight excluding hydrogens is 348 g/mol. The maximum atomic E-state index is 11.8. The molecule has 3 heteroatoms. The molecule has 1 aromatic rings. The number of ether oxygens (including phenoxy) is 1. The molecule has 0 aliphatic carbocycles. The molecule has 0 saturated carbocycles. The smallest absolute Gasteiger partial charge is 0.330 e. The molecule has 28 heavy (non-hydrogen) atoms. The number of unbranched alkanes of at least 4 members (excludes halogenated alkanes) is 2. The molecule has 0 aliphatic heterocycles. The lowest BCUT2D eigenvalue weighted by molar-refractivity contribution is -0.137. The van der Waals surface area contributed by atoms with Crippen molar-refractivity contribution in [2.45, 2.75) is 97.8 Å². The molecule has 1 rings (SSSR count). The Hall–Kier alpha value is -1.77. The molecule has 0 spiro atoms. The van der Waals surface area contributed by atoms with Crippen molar-refractivity contribution in [1.82, 2.24) is 0 Å². The first kappa shape index (κ1) is 24.3. The largest absolute Gasteiger partial charge is 0.507 e. The van der Waals surface area contributed by atoms with Gasteiger partial charge in [0.25, 0.3) is 0 Å². The van der Waals surface area contributed by atoms with Crippen LogP contribution in [-0.4, -0.2) is 17.7 Å². The molecule has 3 nitrogen and oxygen atoms in total. The molecule has 1 N–H and O–H groups in total. The maximum Gasteiger partial charge on any atom is 0.330 e. The van der Waals surface area contributed by atoms with Gasteiger partial charge in [-0.05, 0) is 54.4 Å². The third kappa shape index (κ3) is 6.68. The average Bonchev–Trinajstić information content (AvgIpc) is 2.63. The zero-order valence-electron chi connectivity index (χ0n) is 19.0. The third-order valence-electron chi connectivity index (χ3n) is 5.60. The predicted octanol–water partition coefficient (Wildman–Crippen LogP) is 6.90. The topological polar surface area (TPSA) is 46.5 Å². The Bertz CT molecular complexity index is 627. The third-order valence-corrected chi connectivity index (χ3v) is 5.60. The number of benzene rings is 1. The van der Waals surface area contributed by atoms with Crippen LogP contribution in [0.25, 0.3) is 6.08 Å². The van der Waals surface area contributed by atoms with E-state index >= 15 is 0 Å². The highest BCUT2D eigenvalue weighted by Gasteiger charge is 2.30. The molecule has 0 aliphatic rings. The van der Waals surface area contributed by atoms with E-state index in [-0.39, 0.29) is 16.8 Å². The number of phenolic OH excluding ortho intramolecular Hbond substituents is 1. The highest BCUT2D eigenvalue weighted by atomic mass is 16.5. The summed E-state index contributed by atoms with van der Waals surface area (Å²) in [5, 5.41) is 11.2. The summed E-state index contributed by atoms with van der Waals surface area (Å²) in [6.45, 7) is 15.3. The first-order valence-electron chi connectivity index (χ1n) is 10.8. The van der Waals surface area contributed by atoms with Gasteiger partial charge in [-0.1, -0.05) is 67.2 Å². The van der Waals surface area contributed by atoms with Gasteiger partial charge in [-0.2, -0.15) is 0 Å². The van der Waals surface area contributed by atoms with Gasteiger partial charge in [-0.25, -0.2) is 4.79 Å². The summed E-state index contributed by atoms with van der Waals surface area (Å²) in [7, 11) is 0. The van der Waals surface area contributed by atoms with Crippen molar-refractivity contribution in [2.24, 2.45) is 0 Å². The normalized spacial score (nSPS) is 12.5. The monoisotopic (exact) mass is 388 g/mol. The fourth-order valence-electron chi connectivity index (χ4n) is 3.65. The van der Waals surface area contributed by atoms with Crippen molar-refractivity contribution in [3.8, 4) is 5.75 Å². The van der Waals surface area contributed by atoms with Crippen LogP contribution in [0.3, 0.4) is 0 Å². The molecule has 0 unspecified atom stereocenters. The molecule has 0 saturated heterocycles. The quantitative estimate of drug-likeness (QED) is 0.331. The zero-order valence-corrected chi connectivity index (χ0v) is 19.0. The number of hydrogen-bond donors (Lipinski definition) is 1. The lowest BCUT2D eigenvalue weighted by atomic mass is 9.73.